The van der Waals surface area contributed by atoms with Gasteiger partial charge in [0.05, 0.1) is 13.2 Å². The minimum atomic E-state index is -1.57. The van der Waals surface area contributed by atoms with E-state index in [-0.39, 0.29) is 13.0 Å². The van der Waals surface area contributed by atoms with Crippen LogP contribution in [0.25, 0.3) is 0 Å². The third-order valence-corrected chi connectivity index (χ3v) is 3.54. The van der Waals surface area contributed by atoms with E-state index in [9.17, 15) is 25.2 Å². The van der Waals surface area contributed by atoms with Crippen LogP contribution in [-0.4, -0.2) is 88.1 Å². The van der Waals surface area contributed by atoms with E-state index in [0.29, 0.717) is 6.42 Å². The molecule has 0 aromatic carbocycles. The molecule has 9 heteroatoms. The molecule has 5 N–H and O–H groups in total. The smallest absolute Gasteiger partial charge is 0.305 e. The molecule has 1 aliphatic rings. The third kappa shape index (κ3) is 5.96. The minimum Gasteiger partial charge on any atom is -0.463 e. The third-order valence-electron chi connectivity index (χ3n) is 3.54. The van der Waals surface area contributed by atoms with Crippen molar-refractivity contribution in [3.8, 4) is 0 Å². The van der Waals surface area contributed by atoms with Crippen molar-refractivity contribution in [3.63, 3.8) is 0 Å². The molecule has 0 bridgehead atoms. The Labute approximate surface area is 134 Å². The Kier molecular flexibility index (Phi) is 8.92. The fourth-order valence-electron chi connectivity index (χ4n) is 2.08. The standard InChI is InChI=1S/C14H26O9/c1-2-3-4-10(17)21-7-8(5-15)22-14-13(20)12(19)11(18)9(6-16)23-14/h8-9,11-16,18-20H,2-7H2,1H3/t8-,9-,11+,12+,13-,14-/m1/s1. The van der Waals surface area contributed by atoms with E-state index in [1.165, 1.54) is 0 Å². The molecule has 0 aromatic heterocycles. The molecule has 1 heterocycles. The van der Waals surface area contributed by atoms with E-state index in [1.54, 1.807) is 0 Å². The van der Waals surface area contributed by atoms with Crippen LogP contribution in [0.4, 0.5) is 0 Å². The van der Waals surface area contributed by atoms with Gasteiger partial charge < -0.3 is 39.7 Å². The fraction of sp³-hybridized carbons (Fsp3) is 0.929. The molecule has 0 aromatic rings. The lowest BCUT2D eigenvalue weighted by Gasteiger charge is -2.40. The van der Waals surface area contributed by atoms with Crippen molar-refractivity contribution < 1.29 is 44.5 Å². The highest BCUT2D eigenvalue weighted by Crippen LogP contribution is 2.23. The Bertz CT molecular complexity index is 349. The lowest BCUT2D eigenvalue weighted by molar-refractivity contribution is -0.315. The first-order valence-electron chi connectivity index (χ1n) is 7.67. The molecular weight excluding hydrogens is 312 g/mol. The zero-order valence-corrected chi connectivity index (χ0v) is 13.1. The van der Waals surface area contributed by atoms with Crippen LogP contribution in [0.5, 0.6) is 0 Å². The highest BCUT2D eigenvalue weighted by atomic mass is 16.7. The summed E-state index contributed by atoms with van der Waals surface area (Å²) >= 11 is 0. The monoisotopic (exact) mass is 338 g/mol. The SMILES string of the molecule is CCCCC(=O)OC[C@@H](CO)O[C@@H]1O[C@H](CO)[C@H](O)[C@H](O)[C@H]1O. The average Bonchev–Trinajstić information content (AvgIpc) is 2.56. The highest BCUT2D eigenvalue weighted by Gasteiger charge is 2.44. The molecule has 6 atom stereocenters. The van der Waals surface area contributed by atoms with Gasteiger partial charge in [-0.1, -0.05) is 13.3 Å². The van der Waals surface area contributed by atoms with Crippen LogP contribution < -0.4 is 0 Å². The summed E-state index contributed by atoms with van der Waals surface area (Å²) < 4.78 is 15.4. The summed E-state index contributed by atoms with van der Waals surface area (Å²) in [5, 5.41) is 47.5. The first-order chi connectivity index (χ1) is 10.9. The number of hydrogen-bond donors (Lipinski definition) is 5. The molecule has 1 rings (SSSR count). The summed E-state index contributed by atoms with van der Waals surface area (Å²) in [4.78, 5) is 11.4. The van der Waals surface area contributed by atoms with Crippen LogP contribution in [0.3, 0.4) is 0 Å². The van der Waals surface area contributed by atoms with Crippen LogP contribution in [-0.2, 0) is 19.0 Å². The Morgan fingerprint density at radius 3 is 2.43 bits per heavy atom. The van der Waals surface area contributed by atoms with Gasteiger partial charge in [-0.25, -0.2) is 0 Å². The van der Waals surface area contributed by atoms with Gasteiger partial charge >= 0.3 is 5.97 Å². The molecule has 1 saturated heterocycles. The van der Waals surface area contributed by atoms with Crippen LogP contribution >= 0.6 is 0 Å². The van der Waals surface area contributed by atoms with Gasteiger partial charge in [0.25, 0.3) is 0 Å². The Hall–Kier alpha value is -0.810. The van der Waals surface area contributed by atoms with Crippen LogP contribution in [0.2, 0.25) is 0 Å². The zero-order valence-electron chi connectivity index (χ0n) is 13.1. The fourth-order valence-corrected chi connectivity index (χ4v) is 2.08. The predicted molar refractivity (Wildman–Crippen MR) is 76.2 cm³/mol. The number of ether oxygens (including phenoxy) is 3. The van der Waals surface area contributed by atoms with Crippen molar-refractivity contribution in [2.45, 2.75) is 63.0 Å². The number of esters is 1. The van der Waals surface area contributed by atoms with E-state index < -0.39 is 56.0 Å². The first-order valence-corrected chi connectivity index (χ1v) is 7.67. The zero-order chi connectivity index (χ0) is 17.4. The molecule has 0 aliphatic carbocycles. The van der Waals surface area contributed by atoms with Gasteiger partial charge in [0.15, 0.2) is 6.29 Å². The number of unbranched alkanes of at least 4 members (excludes halogenated alkanes) is 1. The second-order valence-electron chi connectivity index (χ2n) is 5.42. The van der Waals surface area contributed by atoms with Gasteiger partial charge in [-0.2, -0.15) is 0 Å². The van der Waals surface area contributed by atoms with Gasteiger partial charge in [-0.05, 0) is 6.42 Å². The summed E-state index contributed by atoms with van der Waals surface area (Å²) in [6, 6.07) is 0. The Balaban J connectivity index is 2.51. The number of carbonyl (C=O) groups is 1. The molecule has 23 heavy (non-hydrogen) atoms. The number of rotatable bonds is 9. The van der Waals surface area contributed by atoms with E-state index in [2.05, 4.69) is 0 Å². The van der Waals surface area contributed by atoms with E-state index in [0.717, 1.165) is 6.42 Å². The van der Waals surface area contributed by atoms with E-state index >= 15 is 0 Å². The predicted octanol–water partition coefficient (Wildman–Crippen LogP) is -2.10. The number of carbonyl (C=O) groups excluding carboxylic acids is 1. The minimum absolute atomic E-state index is 0.242. The van der Waals surface area contributed by atoms with Crippen LogP contribution in [0.15, 0.2) is 0 Å². The Morgan fingerprint density at radius 1 is 1.17 bits per heavy atom. The molecule has 136 valence electrons. The first kappa shape index (κ1) is 20.2. The summed E-state index contributed by atoms with van der Waals surface area (Å²) in [6.07, 6.45) is -6.29. The number of aliphatic hydroxyl groups is 5. The van der Waals surface area contributed by atoms with E-state index in [1.807, 2.05) is 6.92 Å². The maximum absolute atomic E-state index is 11.4. The van der Waals surface area contributed by atoms with Crippen LogP contribution in [0, 0.1) is 0 Å². The van der Waals surface area contributed by atoms with Gasteiger partial charge in [-0.3, -0.25) is 4.79 Å². The summed E-state index contributed by atoms with van der Waals surface area (Å²) in [5.41, 5.74) is 0. The largest absolute Gasteiger partial charge is 0.463 e. The van der Waals surface area contributed by atoms with Crippen molar-refractivity contribution in [2.75, 3.05) is 19.8 Å². The Morgan fingerprint density at radius 2 is 1.87 bits per heavy atom. The average molecular weight is 338 g/mol. The molecular formula is C14H26O9. The van der Waals surface area contributed by atoms with Gasteiger partial charge in [0.1, 0.15) is 37.1 Å². The molecule has 0 spiro atoms. The lowest BCUT2D eigenvalue weighted by atomic mass is 9.99. The lowest BCUT2D eigenvalue weighted by Crippen LogP contribution is -2.60. The molecule has 9 nitrogen and oxygen atoms in total. The second kappa shape index (κ2) is 10.1. The van der Waals surface area contributed by atoms with Crippen LogP contribution in [0.1, 0.15) is 26.2 Å². The maximum atomic E-state index is 11.4. The van der Waals surface area contributed by atoms with Crippen molar-refractivity contribution in [3.05, 3.63) is 0 Å². The van der Waals surface area contributed by atoms with Gasteiger partial charge in [0.2, 0.25) is 0 Å². The molecule has 1 aliphatic heterocycles. The van der Waals surface area contributed by atoms with Gasteiger partial charge in [0, 0.05) is 6.42 Å². The summed E-state index contributed by atoms with van der Waals surface area (Å²) in [6.45, 7) is 0.608. The van der Waals surface area contributed by atoms with Crippen molar-refractivity contribution in [2.24, 2.45) is 0 Å². The summed E-state index contributed by atoms with van der Waals surface area (Å²) in [5.74, 6) is -0.428. The van der Waals surface area contributed by atoms with Crippen molar-refractivity contribution in [1.29, 1.82) is 0 Å². The van der Waals surface area contributed by atoms with Crippen molar-refractivity contribution >= 4 is 5.97 Å². The highest BCUT2D eigenvalue weighted by molar-refractivity contribution is 5.69. The number of hydrogen-bond acceptors (Lipinski definition) is 9. The molecule has 0 amide bonds. The normalized spacial score (nSPS) is 32.5. The maximum Gasteiger partial charge on any atom is 0.305 e. The topological polar surface area (TPSA) is 146 Å². The van der Waals surface area contributed by atoms with Gasteiger partial charge in [-0.15, -0.1) is 0 Å². The molecule has 0 radical (unpaired) electrons. The quantitative estimate of drug-likeness (QED) is 0.298. The summed E-state index contributed by atoms with van der Waals surface area (Å²) in [7, 11) is 0. The molecule has 0 saturated carbocycles. The van der Waals surface area contributed by atoms with Crippen molar-refractivity contribution in [1.82, 2.24) is 0 Å². The number of aliphatic hydroxyl groups excluding tert-OH is 5. The molecule has 0 unspecified atom stereocenters. The van der Waals surface area contributed by atoms with E-state index in [4.69, 9.17) is 19.3 Å². The molecule has 1 fully saturated rings. The second-order valence-corrected chi connectivity index (χ2v) is 5.42.